The first-order chi connectivity index (χ1) is 17.4. The zero-order valence-electron chi connectivity index (χ0n) is 21.9. The molecule has 2 fully saturated rings. The molecule has 0 aromatic carbocycles. The Hall–Kier alpha value is -2.01. The molecule has 1 saturated carbocycles. The van der Waals surface area contributed by atoms with Gasteiger partial charge in [-0.15, -0.1) is 11.8 Å². The quantitative estimate of drug-likeness (QED) is 0.191. The number of halogens is 2. The van der Waals surface area contributed by atoms with Gasteiger partial charge in [0, 0.05) is 38.1 Å². The van der Waals surface area contributed by atoms with Crippen LogP contribution in [0, 0.1) is 5.41 Å². The van der Waals surface area contributed by atoms with Crippen LogP contribution in [0.25, 0.3) is 0 Å². The van der Waals surface area contributed by atoms with Crippen LogP contribution in [0.15, 0.2) is 12.2 Å². The van der Waals surface area contributed by atoms with Crippen LogP contribution in [-0.2, 0) is 23.9 Å². The first-order valence-electron chi connectivity index (χ1n) is 13.0. The summed E-state index contributed by atoms with van der Waals surface area (Å²) in [4.78, 5) is 50.1. The Morgan fingerprint density at radius 2 is 2.03 bits per heavy atom. The second-order valence-electron chi connectivity index (χ2n) is 10.4. The Labute approximate surface area is 221 Å². The van der Waals surface area contributed by atoms with Crippen molar-refractivity contribution in [2.75, 3.05) is 25.4 Å². The molecule has 1 aliphatic carbocycles. The average molecular weight is 547 g/mol. The summed E-state index contributed by atoms with van der Waals surface area (Å²) in [5.41, 5.74) is -0.462. The maximum atomic E-state index is 13.8. The molecule has 3 unspecified atom stereocenters. The van der Waals surface area contributed by atoms with Crippen molar-refractivity contribution in [1.82, 2.24) is 10.2 Å². The van der Waals surface area contributed by atoms with Crippen LogP contribution >= 0.6 is 11.8 Å². The number of rotatable bonds is 14. The summed E-state index contributed by atoms with van der Waals surface area (Å²) in [5.74, 6) is -4.46. The first kappa shape index (κ1) is 31.2. The van der Waals surface area contributed by atoms with E-state index in [4.69, 9.17) is 4.74 Å². The zero-order chi connectivity index (χ0) is 27.6. The number of aliphatic carboxylic acids is 1. The number of imide groups is 1. The van der Waals surface area contributed by atoms with Gasteiger partial charge in [-0.1, -0.05) is 31.9 Å². The van der Waals surface area contributed by atoms with Gasteiger partial charge in [0.2, 0.25) is 17.7 Å². The van der Waals surface area contributed by atoms with E-state index >= 15 is 0 Å². The fraction of sp³-hybridized carbons (Fsp3) is 0.769. The number of carbonyl (C=O) groups excluding carboxylic acids is 3. The molecule has 11 heteroatoms. The summed E-state index contributed by atoms with van der Waals surface area (Å²) in [7, 11) is 0. The Morgan fingerprint density at radius 1 is 1.30 bits per heavy atom. The van der Waals surface area contributed by atoms with E-state index < -0.39 is 28.7 Å². The van der Waals surface area contributed by atoms with Crippen LogP contribution in [0.4, 0.5) is 8.78 Å². The third-order valence-electron chi connectivity index (χ3n) is 6.90. The van der Waals surface area contributed by atoms with Crippen molar-refractivity contribution >= 4 is 35.5 Å². The minimum absolute atomic E-state index is 0.0417. The lowest BCUT2D eigenvalue weighted by molar-refractivity contribution is -0.147. The maximum Gasteiger partial charge on any atom is 0.310 e. The molecule has 8 nitrogen and oxygen atoms in total. The Morgan fingerprint density at radius 3 is 2.70 bits per heavy atom. The molecule has 1 saturated heterocycles. The van der Waals surface area contributed by atoms with E-state index in [9.17, 15) is 33.1 Å². The number of nitrogens with one attached hydrogen (secondary N) is 1. The number of carboxylic acid groups (broad SMARTS) is 1. The molecule has 2 aliphatic rings. The molecule has 2 N–H and O–H groups in total. The zero-order valence-corrected chi connectivity index (χ0v) is 22.7. The van der Waals surface area contributed by atoms with Crippen LogP contribution in [0.5, 0.6) is 0 Å². The first-order valence-corrected chi connectivity index (χ1v) is 14.0. The van der Waals surface area contributed by atoms with E-state index in [1.807, 2.05) is 6.92 Å². The molecule has 1 aliphatic heterocycles. The van der Waals surface area contributed by atoms with Crippen molar-refractivity contribution in [3.8, 4) is 0 Å². The minimum Gasteiger partial charge on any atom is -0.481 e. The summed E-state index contributed by atoms with van der Waals surface area (Å²) >= 11 is 1.22. The fourth-order valence-corrected chi connectivity index (χ4v) is 5.78. The number of alkyl halides is 2. The molecule has 0 bridgehead atoms. The predicted molar refractivity (Wildman–Crippen MR) is 137 cm³/mol. The summed E-state index contributed by atoms with van der Waals surface area (Å²) in [6, 6.07) is 0. The van der Waals surface area contributed by atoms with E-state index in [2.05, 4.69) is 11.9 Å². The summed E-state index contributed by atoms with van der Waals surface area (Å²) in [5, 5.41) is 11.7. The number of unbranched alkanes of at least 4 members (excludes halogenated alkanes) is 1. The van der Waals surface area contributed by atoms with Crippen molar-refractivity contribution in [1.29, 1.82) is 0 Å². The topological polar surface area (TPSA) is 113 Å². The Bertz CT molecular complexity index is 855. The number of hydrogen-bond donors (Lipinski definition) is 2. The van der Waals surface area contributed by atoms with Crippen molar-refractivity contribution in [3.05, 3.63) is 12.2 Å². The van der Waals surface area contributed by atoms with Crippen molar-refractivity contribution in [3.63, 3.8) is 0 Å². The lowest BCUT2D eigenvalue weighted by Crippen LogP contribution is -2.36. The number of thioether (sulfide) groups is 1. The number of hydrogen-bond acceptors (Lipinski definition) is 6. The van der Waals surface area contributed by atoms with Crippen LogP contribution < -0.4 is 5.32 Å². The molecule has 37 heavy (non-hydrogen) atoms. The van der Waals surface area contributed by atoms with E-state index in [0.717, 1.165) is 12.8 Å². The summed E-state index contributed by atoms with van der Waals surface area (Å²) < 4.78 is 33.1. The number of nitrogens with zero attached hydrogens (tertiary/aromatic N) is 1. The fourth-order valence-electron chi connectivity index (χ4n) is 4.41. The van der Waals surface area contributed by atoms with Gasteiger partial charge in [0.25, 0.3) is 5.92 Å². The highest BCUT2D eigenvalue weighted by molar-refractivity contribution is 8.00. The van der Waals surface area contributed by atoms with Crippen LogP contribution in [0.2, 0.25) is 0 Å². The maximum absolute atomic E-state index is 13.8. The third kappa shape index (κ3) is 10.00. The number of allylic oxidation sites excluding steroid dienone is 1. The van der Waals surface area contributed by atoms with E-state index in [0.29, 0.717) is 31.3 Å². The summed E-state index contributed by atoms with van der Waals surface area (Å²) in [6.45, 7) is 7.48. The predicted octanol–water partition coefficient (Wildman–Crippen LogP) is 4.18. The molecule has 210 valence electrons. The molecule has 2 rings (SSSR count). The van der Waals surface area contributed by atoms with Crippen LogP contribution in [-0.4, -0.2) is 76.4 Å². The van der Waals surface area contributed by atoms with Gasteiger partial charge in [0.1, 0.15) is 6.61 Å². The number of carboxylic acids is 1. The standard InChI is InChI=1S/C26H40F2N2O6S/c1-4-5-10-25(3,24(34)35)17-37-20-14-22(32)30(23(20)33)13-6-12-29-21(31)16-36-19-8-7-18(2)15-26(27,28)11-9-19/h19-20H,2,4-17H2,1,3H3,(H,29,31)(H,34,35). The molecular formula is C26H40F2N2O6S. The molecule has 0 aromatic rings. The van der Waals surface area contributed by atoms with E-state index in [1.165, 1.54) is 16.7 Å². The van der Waals surface area contributed by atoms with Gasteiger partial charge in [-0.3, -0.25) is 24.1 Å². The van der Waals surface area contributed by atoms with E-state index in [-0.39, 0.29) is 68.9 Å². The highest BCUT2D eigenvalue weighted by atomic mass is 32.2. The van der Waals surface area contributed by atoms with Crippen LogP contribution in [0.1, 0.15) is 78.1 Å². The molecular weight excluding hydrogens is 506 g/mol. The lowest BCUT2D eigenvalue weighted by atomic mass is 9.87. The third-order valence-corrected chi connectivity index (χ3v) is 8.47. The van der Waals surface area contributed by atoms with Gasteiger partial charge in [-0.05, 0) is 39.0 Å². The smallest absolute Gasteiger partial charge is 0.310 e. The number of ether oxygens (including phenoxy) is 1. The average Bonchev–Trinajstić information content (AvgIpc) is 3.09. The van der Waals surface area contributed by atoms with Gasteiger partial charge in [-0.2, -0.15) is 0 Å². The lowest BCUT2D eigenvalue weighted by Gasteiger charge is -2.26. The SMILES string of the molecule is C=C1CCC(OCC(=O)NCCCN2C(=O)CC(SCC(C)(CCCC)C(=O)O)C2=O)CCC(F)(F)C1. The molecule has 1 heterocycles. The monoisotopic (exact) mass is 546 g/mol. The second kappa shape index (κ2) is 14.2. The van der Waals surface area contributed by atoms with Gasteiger partial charge >= 0.3 is 5.97 Å². The van der Waals surface area contributed by atoms with Gasteiger partial charge in [0.05, 0.1) is 16.8 Å². The number of carbonyl (C=O) groups is 4. The molecule has 0 spiro atoms. The Kier molecular flexibility index (Phi) is 12.0. The highest BCUT2D eigenvalue weighted by Crippen LogP contribution is 2.35. The number of amides is 3. The van der Waals surface area contributed by atoms with Gasteiger partial charge < -0.3 is 15.2 Å². The minimum atomic E-state index is -2.80. The second-order valence-corrected chi connectivity index (χ2v) is 11.5. The van der Waals surface area contributed by atoms with Crippen molar-refractivity contribution in [2.45, 2.75) is 95.3 Å². The van der Waals surface area contributed by atoms with E-state index in [1.54, 1.807) is 6.92 Å². The van der Waals surface area contributed by atoms with Crippen LogP contribution in [0.3, 0.4) is 0 Å². The van der Waals surface area contributed by atoms with Crippen molar-refractivity contribution < 1.29 is 37.8 Å². The molecule has 0 radical (unpaired) electrons. The largest absolute Gasteiger partial charge is 0.481 e. The van der Waals surface area contributed by atoms with Gasteiger partial charge in [-0.25, -0.2) is 8.78 Å². The summed E-state index contributed by atoms with van der Waals surface area (Å²) in [6.07, 6.45) is 2.68. The molecule has 3 atom stereocenters. The normalized spacial score (nSPS) is 23.9. The Balaban J connectivity index is 1.70. The highest BCUT2D eigenvalue weighted by Gasteiger charge is 2.41. The number of likely N-dealkylation sites (tertiary alicyclic amines) is 1. The van der Waals surface area contributed by atoms with Crippen molar-refractivity contribution in [2.24, 2.45) is 5.41 Å². The van der Waals surface area contributed by atoms with Gasteiger partial charge in [0.15, 0.2) is 0 Å². The molecule has 0 aromatic heterocycles. The molecule has 3 amide bonds.